The molecular weight excluding hydrogens is 364 g/mol. The molecule has 1 saturated carbocycles. The lowest BCUT2D eigenvalue weighted by molar-refractivity contribution is -0.117. The molecule has 0 radical (unpaired) electrons. The fraction of sp³-hybridized carbons (Fsp3) is 0.250. The molecule has 0 spiro atoms. The molecule has 2 N–H and O–H groups in total. The van der Waals surface area contributed by atoms with Crippen LogP contribution in [-0.2, 0) is 11.2 Å². The molecule has 1 aliphatic carbocycles. The first kappa shape index (κ1) is 16.9. The highest BCUT2D eigenvalue weighted by atomic mass is 19.1. The van der Waals surface area contributed by atoms with E-state index in [0.29, 0.717) is 23.3 Å². The summed E-state index contributed by atoms with van der Waals surface area (Å²) in [6, 6.07) is 6.92. The fourth-order valence-corrected chi connectivity index (χ4v) is 3.64. The summed E-state index contributed by atoms with van der Waals surface area (Å²) in [7, 11) is 0. The molecule has 0 bridgehead atoms. The van der Waals surface area contributed by atoms with Gasteiger partial charge in [-0.2, -0.15) is 10.2 Å². The normalized spacial score (nSPS) is 18.7. The number of nitrogens with one attached hydrogen (secondary N) is 2. The zero-order chi connectivity index (χ0) is 19.4. The molecule has 1 fully saturated rings. The number of fused-ring (bicyclic) bond motifs is 2. The summed E-state index contributed by atoms with van der Waals surface area (Å²) in [6.07, 6.45) is 3.20. The van der Waals surface area contributed by atoms with E-state index >= 15 is 0 Å². The summed E-state index contributed by atoms with van der Waals surface area (Å²) in [4.78, 5) is 11.9. The van der Waals surface area contributed by atoms with Gasteiger partial charge in [-0.15, -0.1) is 0 Å². The van der Waals surface area contributed by atoms with E-state index in [0.717, 1.165) is 22.0 Å². The second-order valence-electron chi connectivity index (χ2n) is 7.06. The van der Waals surface area contributed by atoms with Crippen LogP contribution in [0.3, 0.4) is 0 Å². The van der Waals surface area contributed by atoms with Gasteiger partial charge in [0.25, 0.3) is 0 Å². The van der Waals surface area contributed by atoms with Crippen LogP contribution in [0.25, 0.3) is 27.5 Å². The molecule has 0 saturated heterocycles. The number of hydrogen-bond acceptors (Lipinski definition) is 3. The molecule has 5 rings (SSSR count). The van der Waals surface area contributed by atoms with Gasteiger partial charge < -0.3 is 5.32 Å². The Hall–Kier alpha value is -3.29. The van der Waals surface area contributed by atoms with Crippen molar-refractivity contribution in [2.75, 3.05) is 5.32 Å². The molecule has 3 aromatic heterocycles. The molecule has 4 aromatic rings. The number of hydrogen-bond donors (Lipinski definition) is 2. The average molecular weight is 381 g/mol. The molecular formula is C20H17F2N5O. The molecule has 1 aromatic carbocycles. The minimum Gasteiger partial charge on any atom is -0.309 e. The number of H-pyrrole nitrogens is 1. The Morgan fingerprint density at radius 1 is 1.39 bits per heavy atom. The van der Waals surface area contributed by atoms with Crippen LogP contribution in [0.1, 0.15) is 18.9 Å². The van der Waals surface area contributed by atoms with Crippen molar-refractivity contribution in [3.63, 3.8) is 0 Å². The molecule has 0 unspecified atom stereocenters. The number of aromatic nitrogens is 4. The van der Waals surface area contributed by atoms with Crippen LogP contribution < -0.4 is 5.32 Å². The van der Waals surface area contributed by atoms with Crippen molar-refractivity contribution in [1.29, 1.82) is 0 Å². The lowest BCUT2D eigenvalue weighted by Gasteiger charge is -2.11. The Bertz CT molecular complexity index is 1230. The first-order valence-corrected chi connectivity index (χ1v) is 9.14. The van der Waals surface area contributed by atoms with E-state index in [1.165, 1.54) is 6.07 Å². The van der Waals surface area contributed by atoms with E-state index in [2.05, 4.69) is 20.6 Å². The summed E-state index contributed by atoms with van der Waals surface area (Å²) in [5, 5.41) is 14.7. The number of benzene rings is 1. The smallest absolute Gasteiger partial charge is 0.231 e. The van der Waals surface area contributed by atoms with Crippen molar-refractivity contribution >= 4 is 28.1 Å². The van der Waals surface area contributed by atoms with Crippen LogP contribution in [-0.4, -0.2) is 31.9 Å². The van der Waals surface area contributed by atoms with Crippen molar-refractivity contribution in [1.82, 2.24) is 19.8 Å². The molecule has 142 valence electrons. The van der Waals surface area contributed by atoms with E-state index in [9.17, 15) is 13.6 Å². The minimum absolute atomic E-state index is 0.267. The summed E-state index contributed by atoms with van der Waals surface area (Å²) in [5.41, 5.74) is 3.62. The Morgan fingerprint density at radius 3 is 2.96 bits per heavy atom. The van der Waals surface area contributed by atoms with Gasteiger partial charge in [0.2, 0.25) is 5.91 Å². The van der Waals surface area contributed by atoms with E-state index < -0.39 is 12.1 Å². The van der Waals surface area contributed by atoms with Crippen molar-refractivity contribution in [3.8, 4) is 11.1 Å². The number of pyridine rings is 1. The zero-order valence-electron chi connectivity index (χ0n) is 15.0. The maximum atomic E-state index is 14.6. The van der Waals surface area contributed by atoms with E-state index in [1.807, 2.05) is 19.1 Å². The van der Waals surface area contributed by atoms with Crippen molar-refractivity contribution < 1.29 is 13.6 Å². The predicted molar refractivity (Wildman–Crippen MR) is 101 cm³/mol. The SMILES string of the molecule is CCc1c(F)cc2[nH]ncc2c1-c1ccn2nc(NC(=O)[C@@H]3C[C@@H]3F)cc2c1. The Labute approximate surface area is 158 Å². The van der Waals surface area contributed by atoms with Crippen molar-refractivity contribution in [2.24, 2.45) is 5.92 Å². The van der Waals surface area contributed by atoms with E-state index in [-0.39, 0.29) is 18.1 Å². The molecule has 2 atom stereocenters. The highest BCUT2D eigenvalue weighted by Crippen LogP contribution is 2.36. The number of alkyl halides is 1. The summed E-state index contributed by atoms with van der Waals surface area (Å²) in [6.45, 7) is 1.91. The number of rotatable bonds is 4. The number of aromatic amines is 1. The van der Waals surface area contributed by atoms with Gasteiger partial charge in [0.05, 0.1) is 23.1 Å². The minimum atomic E-state index is -1.05. The highest BCUT2D eigenvalue weighted by molar-refractivity contribution is 5.97. The first-order valence-electron chi connectivity index (χ1n) is 9.14. The molecule has 3 heterocycles. The number of amides is 1. The van der Waals surface area contributed by atoms with Gasteiger partial charge >= 0.3 is 0 Å². The number of nitrogens with zero attached hydrogens (tertiary/aromatic N) is 3. The van der Waals surface area contributed by atoms with Crippen LogP contribution in [0.5, 0.6) is 0 Å². The van der Waals surface area contributed by atoms with Gasteiger partial charge in [0.15, 0.2) is 5.82 Å². The Morgan fingerprint density at radius 2 is 2.21 bits per heavy atom. The summed E-state index contributed by atoms with van der Waals surface area (Å²) in [5.74, 6) is -0.839. The Balaban J connectivity index is 1.58. The number of carbonyl (C=O) groups excluding carboxylic acids is 1. The largest absolute Gasteiger partial charge is 0.309 e. The van der Waals surface area contributed by atoms with E-state index in [1.54, 1.807) is 23.0 Å². The monoisotopic (exact) mass is 381 g/mol. The Kier molecular flexibility index (Phi) is 3.68. The van der Waals surface area contributed by atoms with E-state index in [4.69, 9.17) is 0 Å². The van der Waals surface area contributed by atoms with Crippen LogP contribution in [0, 0.1) is 11.7 Å². The highest BCUT2D eigenvalue weighted by Gasteiger charge is 2.43. The fourth-order valence-electron chi connectivity index (χ4n) is 3.64. The lowest BCUT2D eigenvalue weighted by Crippen LogP contribution is -2.15. The number of carbonyl (C=O) groups is 1. The van der Waals surface area contributed by atoms with Crippen LogP contribution in [0.4, 0.5) is 14.6 Å². The van der Waals surface area contributed by atoms with Gasteiger partial charge in [-0.05, 0) is 47.7 Å². The average Bonchev–Trinajstić information content (AvgIpc) is 3.05. The van der Waals surface area contributed by atoms with Gasteiger partial charge in [-0.25, -0.2) is 13.3 Å². The van der Waals surface area contributed by atoms with Gasteiger partial charge in [0.1, 0.15) is 12.0 Å². The van der Waals surface area contributed by atoms with Crippen molar-refractivity contribution in [3.05, 3.63) is 48.0 Å². The third kappa shape index (κ3) is 2.64. The maximum absolute atomic E-state index is 14.6. The zero-order valence-corrected chi connectivity index (χ0v) is 15.0. The third-order valence-electron chi connectivity index (χ3n) is 5.21. The second-order valence-corrected chi connectivity index (χ2v) is 7.06. The van der Waals surface area contributed by atoms with Gasteiger partial charge in [-0.1, -0.05) is 6.92 Å². The van der Waals surface area contributed by atoms with Crippen LogP contribution in [0.15, 0.2) is 36.7 Å². The molecule has 8 heteroatoms. The number of anilines is 1. The standard InChI is InChI=1S/C20H17F2N5O/c1-2-12-16(22)8-17-14(9-23-25-17)19(12)10-3-4-27-11(5-10)6-18(26-27)24-20(28)13-7-15(13)21/h3-6,8-9,13,15H,2,7H2,1H3,(H,23,25)(H,24,26,28)/t13-,15+/m1/s1. The summed E-state index contributed by atoms with van der Waals surface area (Å²) >= 11 is 0. The van der Waals surface area contributed by atoms with Crippen molar-refractivity contribution in [2.45, 2.75) is 25.9 Å². The molecule has 28 heavy (non-hydrogen) atoms. The third-order valence-corrected chi connectivity index (χ3v) is 5.21. The topological polar surface area (TPSA) is 75.1 Å². The quantitative estimate of drug-likeness (QED) is 0.563. The molecule has 1 amide bonds. The van der Waals surface area contributed by atoms with Crippen LogP contribution >= 0.6 is 0 Å². The van der Waals surface area contributed by atoms with Gasteiger partial charge in [-0.3, -0.25) is 9.89 Å². The van der Waals surface area contributed by atoms with Crippen LogP contribution in [0.2, 0.25) is 0 Å². The number of halogens is 2. The molecule has 0 aliphatic heterocycles. The molecule has 1 aliphatic rings. The lowest BCUT2D eigenvalue weighted by atomic mass is 9.94. The second kappa shape index (κ2) is 6.12. The van der Waals surface area contributed by atoms with Gasteiger partial charge in [0, 0.05) is 17.6 Å². The summed E-state index contributed by atoms with van der Waals surface area (Å²) < 4.78 is 29.3. The maximum Gasteiger partial charge on any atom is 0.231 e. The molecule has 6 nitrogen and oxygen atoms in total. The predicted octanol–water partition coefficient (Wildman–Crippen LogP) is 3.88. The first-order chi connectivity index (χ1) is 13.5.